The monoisotopic (exact) mass is 526 g/mol. The molecule has 12 nitrogen and oxygen atoms in total. The minimum atomic E-state index is -1.67. The molecule has 3 rings (SSSR count). The van der Waals surface area contributed by atoms with Crippen molar-refractivity contribution in [2.24, 2.45) is 0 Å². The summed E-state index contributed by atoms with van der Waals surface area (Å²) in [4.78, 5) is 0. The smallest absolute Gasteiger partial charge is 0.229 e. The summed E-state index contributed by atoms with van der Waals surface area (Å²) in [6.45, 7) is -1.30. The number of phenols is 1. The number of methoxy groups -OCH3 is 1. The zero-order chi connectivity index (χ0) is 27.1. The molecule has 0 amide bonds. The number of aromatic hydroxyl groups is 1. The number of phenolic OH excluding ortho intramolecular Hbond substituents is 1. The molecule has 12 heteroatoms. The maximum Gasteiger partial charge on any atom is 0.229 e. The molecule has 0 aliphatic carbocycles. The van der Waals surface area contributed by atoms with E-state index in [2.05, 4.69) is 0 Å². The second-order valence-electron chi connectivity index (χ2n) is 8.64. The molecule has 206 valence electrons. The molecule has 1 saturated heterocycles. The number of hydrogen-bond acceptors (Lipinski definition) is 12. The fraction of sp³-hybridized carbons (Fsp3) is 0.520. The Labute approximate surface area is 213 Å². The summed E-state index contributed by atoms with van der Waals surface area (Å²) >= 11 is 0. The first-order valence-electron chi connectivity index (χ1n) is 11.8. The molecule has 0 spiro atoms. The van der Waals surface area contributed by atoms with Gasteiger partial charge in [-0.2, -0.15) is 0 Å². The van der Waals surface area contributed by atoms with Crippen LogP contribution in [0.25, 0.3) is 0 Å². The maximum atomic E-state index is 10.9. The van der Waals surface area contributed by atoms with Crippen molar-refractivity contribution in [2.45, 2.75) is 55.8 Å². The summed E-state index contributed by atoms with van der Waals surface area (Å²) in [5.41, 5.74) is 1.02. The molecule has 2 aromatic carbocycles. The molecule has 0 unspecified atom stereocenters. The molecule has 8 N–H and O–H groups in total. The second-order valence-corrected chi connectivity index (χ2v) is 8.64. The van der Waals surface area contributed by atoms with Crippen LogP contribution in [0.15, 0.2) is 36.4 Å². The van der Waals surface area contributed by atoms with Crippen molar-refractivity contribution in [2.75, 3.05) is 26.9 Å². The first-order chi connectivity index (χ1) is 17.7. The summed E-state index contributed by atoms with van der Waals surface area (Å²) in [7, 11) is 1.35. The molecule has 0 bridgehead atoms. The van der Waals surface area contributed by atoms with Crippen molar-refractivity contribution in [1.29, 1.82) is 0 Å². The molecular weight excluding hydrogens is 492 g/mol. The highest BCUT2D eigenvalue weighted by atomic mass is 16.7. The van der Waals surface area contributed by atoms with E-state index in [1.165, 1.54) is 31.4 Å². The van der Waals surface area contributed by atoms with Crippen molar-refractivity contribution in [3.63, 3.8) is 0 Å². The Balaban J connectivity index is 1.89. The molecule has 2 aromatic rings. The molecule has 7 atom stereocenters. The van der Waals surface area contributed by atoms with Crippen molar-refractivity contribution in [3.8, 4) is 23.0 Å². The van der Waals surface area contributed by atoms with Gasteiger partial charge in [-0.15, -0.1) is 0 Å². The van der Waals surface area contributed by atoms with Gasteiger partial charge in [0.1, 0.15) is 30.5 Å². The van der Waals surface area contributed by atoms with E-state index in [9.17, 15) is 35.7 Å². The minimum absolute atomic E-state index is 0.0220. The molecule has 1 fully saturated rings. The first-order valence-corrected chi connectivity index (χ1v) is 11.8. The van der Waals surface area contributed by atoms with Gasteiger partial charge in [0.25, 0.3) is 0 Å². The third-order valence-electron chi connectivity index (χ3n) is 6.08. The fourth-order valence-electron chi connectivity index (χ4n) is 3.93. The van der Waals surface area contributed by atoms with Gasteiger partial charge in [0.2, 0.25) is 6.29 Å². The molecule has 1 heterocycles. The summed E-state index contributed by atoms with van der Waals surface area (Å²) in [5.74, 6) is 0.0592. The van der Waals surface area contributed by atoms with E-state index < -0.39 is 56.1 Å². The average molecular weight is 527 g/mol. The Bertz CT molecular complexity index is 1000. The lowest BCUT2D eigenvalue weighted by atomic mass is 9.99. The fourth-order valence-corrected chi connectivity index (χ4v) is 3.93. The number of hydrogen-bond donors (Lipinski definition) is 8. The van der Waals surface area contributed by atoms with Crippen molar-refractivity contribution >= 4 is 0 Å². The molecule has 0 aromatic heterocycles. The quantitative estimate of drug-likeness (QED) is 0.168. The van der Waals surface area contributed by atoms with E-state index in [4.69, 9.17) is 24.1 Å². The van der Waals surface area contributed by atoms with Crippen LogP contribution in [0.5, 0.6) is 23.0 Å². The van der Waals surface area contributed by atoms with Crippen LogP contribution in [0.1, 0.15) is 23.7 Å². The van der Waals surface area contributed by atoms with E-state index in [1.54, 1.807) is 12.1 Å². The topological polar surface area (TPSA) is 199 Å². The van der Waals surface area contributed by atoms with Crippen LogP contribution in [-0.4, -0.2) is 105 Å². The molecule has 0 radical (unpaired) electrons. The van der Waals surface area contributed by atoms with Gasteiger partial charge in [-0.25, -0.2) is 0 Å². The lowest BCUT2D eigenvalue weighted by Crippen LogP contribution is -2.60. The summed E-state index contributed by atoms with van der Waals surface area (Å²) in [6, 6.07) is 8.92. The first kappa shape index (κ1) is 28.9. The molecule has 1 aliphatic rings. The zero-order valence-electron chi connectivity index (χ0n) is 20.3. The van der Waals surface area contributed by atoms with E-state index in [0.29, 0.717) is 18.4 Å². The average Bonchev–Trinajstić information content (AvgIpc) is 2.91. The predicted octanol–water partition coefficient (Wildman–Crippen LogP) is -1.02. The van der Waals surface area contributed by atoms with Crippen LogP contribution in [0, 0.1) is 0 Å². The van der Waals surface area contributed by atoms with Gasteiger partial charge in [-0.05, 0) is 48.2 Å². The summed E-state index contributed by atoms with van der Waals surface area (Å²) < 4.78 is 22.2. The lowest BCUT2D eigenvalue weighted by molar-refractivity contribution is -0.277. The van der Waals surface area contributed by atoms with Crippen molar-refractivity contribution < 1.29 is 59.8 Å². The maximum absolute atomic E-state index is 10.9. The van der Waals surface area contributed by atoms with Gasteiger partial charge < -0.3 is 59.8 Å². The van der Waals surface area contributed by atoms with Crippen LogP contribution < -0.4 is 14.2 Å². The molecule has 37 heavy (non-hydrogen) atoms. The number of rotatable bonds is 12. The SMILES string of the molecule is COc1cc([C@@H](O)[C@H](CO)Oc2ccc(CCCO)cc2O[C@@H]2O[C@H](CO)[C@@H](O)[C@H](O)[C@H]2O)ccc1O. The normalized spacial score (nSPS) is 25.4. The molecule has 1 aliphatic heterocycles. The van der Waals surface area contributed by atoms with Gasteiger partial charge in [0.15, 0.2) is 29.1 Å². The highest BCUT2D eigenvalue weighted by molar-refractivity contribution is 5.45. The minimum Gasteiger partial charge on any atom is -0.504 e. The van der Waals surface area contributed by atoms with Gasteiger partial charge in [-0.3, -0.25) is 0 Å². The van der Waals surface area contributed by atoms with Crippen LogP contribution in [0.4, 0.5) is 0 Å². The van der Waals surface area contributed by atoms with E-state index >= 15 is 0 Å². The number of ether oxygens (including phenoxy) is 4. The number of aliphatic hydroxyl groups is 7. The third kappa shape index (κ3) is 6.80. The Morgan fingerprint density at radius 3 is 2.32 bits per heavy atom. The van der Waals surface area contributed by atoms with Crippen LogP contribution in [-0.2, 0) is 11.2 Å². The summed E-state index contributed by atoms with van der Waals surface area (Å²) in [5, 5.41) is 79.8. The highest BCUT2D eigenvalue weighted by Gasteiger charge is 2.45. The third-order valence-corrected chi connectivity index (χ3v) is 6.08. The van der Waals surface area contributed by atoms with Gasteiger partial charge in [-0.1, -0.05) is 12.1 Å². The van der Waals surface area contributed by atoms with Gasteiger partial charge in [0.05, 0.1) is 20.3 Å². The Morgan fingerprint density at radius 1 is 0.919 bits per heavy atom. The standard InChI is InChI=1S/C25H34O12/c1-34-17-10-14(5-6-15(17)29)21(30)19(11-27)35-16-7-4-13(3-2-8-26)9-18(16)36-25-24(33)23(32)22(31)20(12-28)37-25/h4-7,9-10,19-33H,2-3,8,11-12H2,1H3/t19-,20+,21+,22+,23-,24+,25+/m0/s1. The molecular formula is C25H34O12. The lowest BCUT2D eigenvalue weighted by Gasteiger charge is -2.39. The van der Waals surface area contributed by atoms with Crippen molar-refractivity contribution in [1.82, 2.24) is 0 Å². The highest BCUT2D eigenvalue weighted by Crippen LogP contribution is 2.36. The van der Waals surface area contributed by atoms with Gasteiger partial charge in [0, 0.05) is 6.61 Å². The second kappa shape index (κ2) is 13.2. The summed E-state index contributed by atoms with van der Waals surface area (Å²) in [6.07, 6.45) is -9.20. The zero-order valence-corrected chi connectivity index (χ0v) is 20.3. The van der Waals surface area contributed by atoms with Crippen LogP contribution >= 0.6 is 0 Å². The van der Waals surface area contributed by atoms with Gasteiger partial charge >= 0.3 is 0 Å². The Hall–Kier alpha value is -2.68. The van der Waals surface area contributed by atoms with Crippen molar-refractivity contribution in [3.05, 3.63) is 47.5 Å². The van der Waals surface area contributed by atoms with Crippen LogP contribution in [0.3, 0.4) is 0 Å². The Kier molecular flexibility index (Phi) is 10.3. The number of aliphatic hydroxyl groups excluding tert-OH is 7. The number of benzene rings is 2. The predicted molar refractivity (Wildman–Crippen MR) is 127 cm³/mol. The largest absolute Gasteiger partial charge is 0.504 e. The van der Waals surface area contributed by atoms with E-state index in [1.807, 2.05) is 0 Å². The number of aryl methyl sites for hydroxylation is 1. The van der Waals surface area contributed by atoms with E-state index in [0.717, 1.165) is 5.56 Å². The Morgan fingerprint density at radius 2 is 1.68 bits per heavy atom. The van der Waals surface area contributed by atoms with E-state index in [-0.39, 0.29) is 29.6 Å². The molecule has 0 saturated carbocycles. The van der Waals surface area contributed by atoms with Crippen LogP contribution in [0.2, 0.25) is 0 Å².